The quantitative estimate of drug-likeness (QED) is 0.839. The lowest BCUT2D eigenvalue weighted by atomic mass is 10.0. The molecule has 0 spiro atoms. The van der Waals surface area contributed by atoms with Crippen molar-refractivity contribution in [2.24, 2.45) is 0 Å². The summed E-state index contributed by atoms with van der Waals surface area (Å²) >= 11 is 0. The molecule has 0 bridgehead atoms. The van der Waals surface area contributed by atoms with E-state index in [9.17, 15) is 13.2 Å². The molecule has 0 saturated heterocycles. The molecule has 22 heavy (non-hydrogen) atoms. The maximum atomic E-state index is 12.9. The fourth-order valence-corrected chi connectivity index (χ4v) is 2.44. The Kier molecular flexibility index (Phi) is 4.55. The van der Waals surface area contributed by atoms with Gasteiger partial charge < -0.3 is 15.5 Å². The highest BCUT2D eigenvalue weighted by Gasteiger charge is 2.31. The summed E-state index contributed by atoms with van der Waals surface area (Å²) in [6.07, 6.45) is -2.61. The largest absolute Gasteiger partial charge is 0.492 e. The lowest BCUT2D eigenvalue weighted by molar-refractivity contribution is -0.137. The zero-order chi connectivity index (χ0) is 16.5. The number of benzene rings is 1. The van der Waals surface area contributed by atoms with Gasteiger partial charge in [-0.1, -0.05) is 0 Å². The molecule has 2 rings (SSSR count). The molecule has 1 aromatic rings. The van der Waals surface area contributed by atoms with Crippen LogP contribution in [0.1, 0.15) is 37.9 Å². The maximum Gasteiger partial charge on any atom is 0.416 e. The van der Waals surface area contributed by atoms with E-state index in [1.807, 2.05) is 18.9 Å². The summed E-state index contributed by atoms with van der Waals surface area (Å²) in [5, 5.41) is 1.82. The second kappa shape index (κ2) is 6.08. The number of nitrogens with zero attached hydrogens (tertiary/aromatic N) is 1. The van der Waals surface area contributed by atoms with Crippen molar-refractivity contribution < 1.29 is 17.9 Å². The molecular weight excluding hydrogens is 295 g/mol. The predicted octanol–water partition coefficient (Wildman–Crippen LogP) is 3.44. The van der Waals surface area contributed by atoms with Crippen LogP contribution < -0.4 is 11.2 Å². The van der Waals surface area contributed by atoms with Crippen LogP contribution in [-0.2, 0) is 10.9 Å². The van der Waals surface area contributed by atoms with Gasteiger partial charge in [0.1, 0.15) is 11.9 Å². The van der Waals surface area contributed by atoms with Crippen molar-refractivity contribution in [2.45, 2.75) is 39.1 Å². The molecule has 1 aliphatic rings. The van der Waals surface area contributed by atoms with Crippen LogP contribution in [0, 0.1) is 0 Å². The van der Waals surface area contributed by atoms with Gasteiger partial charge in [-0.15, -0.1) is 0 Å². The number of nitrogens with one attached hydrogen (secondary N) is 1. The number of hydrazine groups is 1. The van der Waals surface area contributed by atoms with E-state index in [0.29, 0.717) is 12.1 Å². The molecule has 7 heteroatoms. The van der Waals surface area contributed by atoms with Gasteiger partial charge in [-0.2, -0.15) is 13.2 Å². The lowest BCUT2D eigenvalue weighted by Crippen LogP contribution is -2.43. The minimum absolute atomic E-state index is 0.0104. The molecule has 1 unspecified atom stereocenters. The van der Waals surface area contributed by atoms with Crippen LogP contribution in [0.4, 0.5) is 18.9 Å². The highest BCUT2D eigenvalue weighted by molar-refractivity contribution is 5.46. The van der Waals surface area contributed by atoms with Gasteiger partial charge >= 0.3 is 6.18 Å². The van der Waals surface area contributed by atoms with Crippen LogP contribution in [0.25, 0.3) is 0 Å². The summed E-state index contributed by atoms with van der Waals surface area (Å²) < 4.78 is 44.1. The second-order valence-corrected chi connectivity index (χ2v) is 5.56. The minimum Gasteiger partial charge on any atom is -0.492 e. The predicted molar refractivity (Wildman–Crippen MR) is 78.4 cm³/mol. The lowest BCUT2D eigenvalue weighted by Gasteiger charge is -2.33. The Hall–Kier alpha value is -1.89. The summed E-state index contributed by atoms with van der Waals surface area (Å²) in [6.45, 7) is 6.16. The van der Waals surface area contributed by atoms with Crippen LogP contribution in [-0.4, -0.2) is 17.7 Å². The number of anilines is 1. The Morgan fingerprint density at radius 3 is 2.64 bits per heavy atom. The zero-order valence-electron chi connectivity index (χ0n) is 12.7. The fraction of sp³-hybridized carbons (Fsp3) is 0.467. The monoisotopic (exact) mass is 315 g/mol. The standard InChI is InChI=1S/C15H20F3N3O/c1-9-7-21(8-10(2)22-9)20-11(3)12-4-13(15(16,17)18)6-14(19)5-12/h4-7,10-11,20H,8,19H2,1-3H3/t10-,11?/m1/s1. The summed E-state index contributed by atoms with van der Waals surface area (Å²) in [5.74, 6) is 0.752. The minimum atomic E-state index is -4.41. The van der Waals surface area contributed by atoms with Crippen LogP contribution in [0.5, 0.6) is 0 Å². The van der Waals surface area contributed by atoms with E-state index in [1.54, 1.807) is 19.2 Å². The molecule has 1 heterocycles. The van der Waals surface area contributed by atoms with Gasteiger partial charge in [-0.3, -0.25) is 0 Å². The number of hydrogen-bond acceptors (Lipinski definition) is 4. The summed E-state index contributed by atoms with van der Waals surface area (Å²) in [4.78, 5) is 0. The molecule has 4 nitrogen and oxygen atoms in total. The third-order valence-corrected chi connectivity index (χ3v) is 3.34. The highest BCUT2D eigenvalue weighted by atomic mass is 19.4. The number of rotatable bonds is 3. The third-order valence-electron chi connectivity index (χ3n) is 3.34. The average molecular weight is 315 g/mol. The first-order valence-electron chi connectivity index (χ1n) is 7.00. The van der Waals surface area contributed by atoms with Crippen molar-refractivity contribution in [1.82, 2.24) is 10.4 Å². The topological polar surface area (TPSA) is 50.5 Å². The van der Waals surface area contributed by atoms with Gasteiger partial charge in [0, 0.05) is 11.7 Å². The SMILES string of the molecule is CC1=CN(NC(C)c2cc(N)cc(C(F)(F)F)c2)C[C@@H](C)O1. The van der Waals surface area contributed by atoms with Gasteiger partial charge in [0.25, 0.3) is 0 Å². The Balaban J connectivity index is 2.17. The fourth-order valence-electron chi connectivity index (χ4n) is 2.44. The Bertz CT molecular complexity index is 572. The van der Waals surface area contributed by atoms with Gasteiger partial charge in [-0.05, 0) is 44.5 Å². The first-order valence-corrected chi connectivity index (χ1v) is 7.00. The van der Waals surface area contributed by atoms with Gasteiger partial charge in [0.15, 0.2) is 0 Å². The first kappa shape index (κ1) is 16.5. The molecule has 0 radical (unpaired) electrons. The average Bonchev–Trinajstić information content (AvgIpc) is 2.35. The molecule has 0 amide bonds. The molecular formula is C15H20F3N3O. The van der Waals surface area contributed by atoms with Crippen molar-refractivity contribution in [2.75, 3.05) is 12.3 Å². The van der Waals surface area contributed by atoms with Gasteiger partial charge in [0.05, 0.1) is 18.3 Å². The van der Waals surface area contributed by atoms with Crippen molar-refractivity contribution in [3.8, 4) is 0 Å². The van der Waals surface area contributed by atoms with E-state index < -0.39 is 11.7 Å². The van der Waals surface area contributed by atoms with Gasteiger partial charge in [0.2, 0.25) is 0 Å². The van der Waals surface area contributed by atoms with Crippen LogP contribution in [0.3, 0.4) is 0 Å². The number of nitrogens with two attached hydrogens (primary N) is 1. The third kappa shape index (κ3) is 4.07. The van der Waals surface area contributed by atoms with Crippen LogP contribution in [0.2, 0.25) is 0 Å². The van der Waals surface area contributed by atoms with E-state index in [0.717, 1.165) is 17.9 Å². The van der Waals surface area contributed by atoms with Crippen molar-refractivity contribution in [1.29, 1.82) is 0 Å². The molecule has 0 fully saturated rings. The van der Waals surface area contributed by atoms with E-state index in [2.05, 4.69) is 5.43 Å². The number of ether oxygens (including phenoxy) is 1. The molecule has 0 aromatic heterocycles. The number of halogens is 3. The number of hydrogen-bond donors (Lipinski definition) is 2. The Morgan fingerprint density at radius 1 is 1.36 bits per heavy atom. The number of alkyl halides is 3. The maximum absolute atomic E-state index is 12.9. The number of nitrogen functional groups attached to an aromatic ring is 1. The molecule has 0 saturated carbocycles. The van der Waals surface area contributed by atoms with Crippen molar-refractivity contribution in [3.63, 3.8) is 0 Å². The molecule has 0 aliphatic carbocycles. The van der Waals surface area contributed by atoms with Gasteiger partial charge in [-0.25, -0.2) is 5.43 Å². The van der Waals surface area contributed by atoms with Crippen molar-refractivity contribution in [3.05, 3.63) is 41.3 Å². The second-order valence-electron chi connectivity index (χ2n) is 5.56. The summed E-state index contributed by atoms with van der Waals surface area (Å²) in [6, 6.07) is 3.29. The molecule has 1 aliphatic heterocycles. The van der Waals surface area contributed by atoms with E-state index in [4.69, 9.17) is 10.5 Å². The summed E-state index contributed by atoms with van der Waals surface area (Å²) in [7, 11) is 0. The normalized spacial score (nSPS) is 20.4. The van der Waals surface area contributed by atoms with Crippen LogP contribution >= 0.6 is 0 Å². The molecule has 2 atom stereocenters. The van der Waals surface area contributed by atoms with Crippen molar-refractivity contribution >= 4 is 5.69 Å². The Morgan fingerprint density at radius 2 is 2.05 bits per heavy atom. The molecule has 1 aromatic carbocycles. The van der Waals surface area contributed by atoms with E-state index >= 15 is 0 Å². The summed E-state index contributed by atoms with van der Waals surface area (Å²) in [5.41, 5.74) is 8.60. The Labute approximate surface area is 127 Å². The van der Waals surface area contributed by atoms with E-state index in [-0.39, 0.29) is 17.8 Å². The number of allylic oxidation sites excluding steroid dienone is 1. The van der Waals surface area contributed by atoms with E-state index in [1.165, 1.54) is 0 Å². The highest BCUT2D eigenvalue weighted by Crippen LogP contribution is 2.32. The zero-order valence-corrected chi connectivity index (χ0v) is 12.7. The molecule has 122 valence electrons. The smallest absolute Gasteiger partial charge is 0.416 e. The first-order chi connectivity index (χ1) is 10.1. The van der Waals surface area contributed by atoms with Crippen LogP contribution in [0.15, 0.2) is 30.2 Å². The molecule has 3 N–H and O–H groups in total.